The number of carbonyl (C=O) groups is 1. The fraction of sp³-hybridized carbons (Fsp3) is 0.333. The van der Waals surface area contributed by atoms with Gasteiger partial charge in [-0.05, 0) is 55.3 Å². The van der Waals surface area contributed by atoms with Crippen molar-refractivity contribution in [2.24, 2.45) is 0 Å². The van der Waals surface area contributed by atoms with Crippen molar-refractivity contribution in [2.75, 3.05) is 13.7 Å². The Bertz CT molecular complexity index is 1160. The van der Waals surface area contributed by atoms with Crippen LogP contribution in [0.25, 0.3) is 11.0 Å². The number of rotatable bonds is 9. The summed E-state index contributed by atoms with van der Waals surface area (Å²) in [5.74, 6) is -1.11. The van der Waals surface area contributed by atoms with Gasteiger partial charge in [0, 0.05) is 24.3 Å². The van der Waals surface area contributed by atoms with Crippen LogP contribution in [0, 0.1) is 11.3 Å². The third-order valence-corrected chi connectivity index (χ3v) is 4.90. The molecule has 0 aliphatic carbocycles. The van der Waals surface area contributed by atoms with Crippen LogP contribution in [0.3, 0.4) is 0 Å². The second-order valence-electron chi connectivity index (χ2n) is 7.18. The standard InChI is InChI=1S/C21H19ClF3N5O3/c1-32-10-2-9-20(12-26,13-30-28-17-8-5-15(22)11-18(17)29-30)27-19(31)14-3-6-16(7-4-14)33-21(23,24)25/h3-8,11H,2,9-10,13H2,1H3,(H,27,31). The average Bonchev–Trinajstić information content (AvgIpc) is 3.14. The van der Waals surface area contributed by atoms with Crippen molar-refractivity contribution in [1.29, 1.82) is 5.26 Å². The molecular weight excluding hydrogens is 463 g/mol. The lowest BCUT2D eigenvalue weighted by Gasteiger charge is -2.27. The van der Waals surface area contributed by atoms with Gasteiger partial charge in [0.05, 0.1) is 12.6 Å². The number of hydrogen-bond acceptors (Lipinski definition) is 6. The maximum atomic E-state index is 12.8. The number of fused-ring (bicyclic) bond motifs is 1. The minimum absolute atomic E-state index is 0.0567. The van der Waals surface area contributed by atoms with Gasteiger partial charge in [0.25, 0.3) is 5.91 Å². The number of hydrogen-bond donors (Lipinski definition) is 1. The van der Waals surface area contributed by atoms with Gasteiger partial charge in [-0.1, -0.05) is 11.6 Å². The third kappa shape index (κ3) is 6.57. The summed E-state index contributed by atoms with van der Waals surface area (Å²) in [6.45, 7) is 0.285. The molecule has 1 atom stereocenters. The molecule has 0 aliphatic rings. The van der Waals surface area contributed by atoms with Gasteiger partial charge >= 0.3 is 6.36 Å². The molecule has 0 aliphatic heterocycles. The third-order valence-electron chi connectivity index (χ3n) is 4.66. The van der Waals surface area contributed by atoms with Crippen molar-refractivity contribution in [3.8, 4) is 11.8 Å². The van der Waals surface area contributed by atoms with E-state index in [0.717, 1.165) is 12.1 Å². The number of alkyl halides is 3. The zero-order valence-corrected chi connectivity index (χ0v) is 18.2. The molecule has 174 valence electrons. The van der Waals surface area contributed by atoms with Crippen LogP contribution < -0.4 is 10.1 Å². The van der Waals surface area contributed by atoms with E-state index in [1.807, 2.05) is 0 Å². The van der Waals surface area contributed by atoms with E-state index in [4.69, 9.17) is 16.3 Å². The molecule has 2 aromatic carbocycles. The van der Waals surface area contributed by atoms with Crippen LogP contribution in [0.15, 0.2) is 42.5 Å². The molecule has 1 amide bonds. The summed E-state index contributed by atoms with van der Waals surface area (Å²) in [4.78, 5) is 14.1. The van der Waals surface area contributed by atoms with Crippen LogP contribution >= 0.6 is 11.6 Å². The second kappa shape index (κ2) is 10.1. The van der Waals surface area contributed by atoms with Crippen molar-refractivity contribution in [3.05, 3.63) is 53.1 Å². The summed E-state index contributed by atoms with van der Waals surface area (Å²) < 4.78 is 45.9. The summed E-state index contributed by atoms with van der Waals surface area (Å²) in [7, 11) is 1.52. The Hall–Kier alpha value is -3.36. The minimum atomic E-state index is -4.84. The molecule has 1 N–H and O–H groups in total. The number of methoxy groups -OCH3 is 1. The second-order valence-corrected chi connectivity index (χ2v) is 7.62. The van der Waals surface area contributed by atoms with E-state index in [1.165, 1.54) is 24.0 Å². The quantitative estimate of drug-likeness (QED) is 0.462. The number of nitrogens with zero attached hydrogens (tertiary/aromatic N) is 4. The van der Waals surface area contributed by atoms with Crippen molar-refractivity contribution >= 4 is 28.5 Å². The van der Waals surface area contributed by atoms with Crippen LogP contribution in [0.4, 0.5) is 13.2 Å². The first-order valence-electron chi connectivity index (χ1n) is 9.72. The summed E-state index contributed by atoms with van der Waals surface area (Å²) in [6.07, 6.45) is -4.17. The molecule has 8 nitrogen and oxygen atoms in total. The van der Waals surface area contributed by atoms with E-state index >= 15 is 0 Å². The van der Waals surface area contributed by atoms with E-state index in [-0.39, 0.29) is 18.5 Å². The lowest BCUT2D eigenvalue weighted by atomic mass is 9.94. The van der Waals surface area contributed by atoms with Crippen LogP contribution in [0.2, 0.25) is 5.02 Å². The Morgan fingerprint density at radius 1 is 1.18 bits per heavy atom. The zero-order valence-electron chi connectivity index (χ0n) is 17.4. The van der Waals surface area contributed by atoms with Gasteiger partial charge in [0.15, 0.2) is 0 Å². The van der Waals surface area contributed by atoms with Crippen LogP contribution in [-0.4, -0.2) is 46.5 Å². The fourth-order valence-corrected chi connectivity index (χ4v) is 3.33. The first-order valence-corrected chi connectivity index (χ1v) is 10.1. The monoisotopic (exact) mass is 481 g/mol. The smallest absolute Gasteiger partial charge is 0.406 e. The highest BCUT2D eigenvalue weighted by atomic mass is 35.5. The average molecular weight is 482 g/mol. The van der Waals surface area contributed by atoms with Crippen molar-refractivity contribution in [3.63, 3.8) is 0 Å². The molecule has 0 fully saturated rings. The van der Waals surface area contributed by atoms with E-state index in [9.17, 15) is 23.2 Å². The van der Waals surface area contributed by atoms with Gasteiger partial charge in [-0.3, -0.25) is 4.79 Å². The lowest BCUT2D eigenvalue weighted by Crippen LogP contribution is -2.51. The highest BCUT2D eigenvalue weighted by Crippen LogP contribution is 2.24. The SMILES string of the molecule is COCCCC(C#N)(Cn1nc2ccc(Cl)cc2n1)NC(=O)c1ccc(OC(F)(F)F)cc1. The largest absolute Gasteiger partial charge is 0.573 e. The molecule has 33 heavy (non-hydrogen) atoms. The molecule has 0 radical (unpaired) electrons. The molecule has 3 aromatic rings. The molecule has 0 saturated heterocycles. The van der Waals surface area contributed by atoms with E-state index in [2.05, 4.69) is 26.3 Å². The van der Waals surface area contributed by atoms with Gasteiger partial charge < -0.3 is 14.8 Å². The number of halogens is 4. The number of nitrogens with one attached hydrogen (secondary N) is 1. The molecule has 1 unspecified atom stereocenters. The minimum Gasteiger partial charge on any atom is -0.406 e. The molecule has 3 rings (SSSR count). The normalized spacial score (nSPS) is 13.3. The fourth-order valence-electron chi connectivity index (χ4n) is 3.16. The van der Waals surface area contributed by atoms with Crippen LogP contribution in [0.1, 0.15) is 23.2 Å². The summed E-state index contributed by atoms with van der Waals surface area (Å²) in [6, 6.07) is 11.5. The van der Waals surface area contributed by atoms with Gasteiger partial charge in [-0.25, -0.2) is 0 Å². The first kappa shape index (κ1) is 24.3. The number of benzene rings is 2. The van der Waals surface area contributed by atoms with E-state index in [0.29, 0.717) is 29.1 Å². The molecule has 1 aromatic heterocycles. The summed E-state index contributed by atoms with van der Waals surface area (Å²) in [5.41, 5.74) is -0.260. The van der Waals surface area contributed by atoms with Crippen molar-refractivity contribution in [1.82, 2.24) is 20.3 Å². The molecule has 1 heterocycles. The summed E-state index contributed by atoms with van der Waals surface area (Å²) in [5, 5.41) is 21.8. The number of aromatic nitrogens is 3. The molecule has 0 bridgehead atoms. The number of nitriles is 1. The highest BCUT2D eigenvalue weighted by Gasteiger charge is 2.34. The van der Waals surface area contributed by atoms with Crippen molar-refractivity contribution in [2.45, 2.75) is 31.3 Å². The van der Waals surface area contributed by atoms with Gasteiger partial charge in [-0.15, -0.1) is 13.2 Å². The number of amides is 1. The molecule has 0 saturated carbocycles. The highest BCUT2D eigenvalue weighted by molar-refractivity contribution is 6.31. The number of carbonyl (C=O) groups excluding carboxylic acids is 1. The first-order chi connectivity index (χ1) is 15.6. The van der Waals surface area contributed by atoms with E-state index < -0.39 is 23.6 Å². The van der Waals surface area contributed by atoms with Gasteiger partial charge in [0.1, 0.15) is 22.3 Å². The van der Waals surface area contributed by atoms with Crippen molar-refractivity contribution < 1.29 is 27.4 Å². The topological polar surface area (TPSA) is 102 Å². The predicted molar refractivity (Wildman–Crippen MR) is 113 cm³/mol. The molecule has 12 heteroatoms. The maximum Gasteiger partial charge on any atom is 0.573 e. The summed E-state index contributed by atoms with van der Waals surface area (Å²) >= 11 is 5.98. The van der Waals surface area contributed by atoms with Crippen LogP contribution in [-0.2, 0) is 11.3 Å². The predicted octanol–water partition coefficient (Wildman–Crippen LogP) is 4.10. The Labute approximate surface area is 191 Å². The van der Waals surface area contributed by atoms with Gasteiger partial charge in [-0.2, -0.15) is 20.3 Å². The van der Waals surface area contributed by atoms with Crippen LogP contribution in [0.5, 0.6) is 5.75 Å². The number of ether oxygens (including phenoxy) is 2. The Morgan fingerprint density at radius 2 is 1.88 bits per heavy atom. The zero-order chi connectivity index (χ0) is 24.1. The Morgan fingerprint density at radius 3 is 2.52 bits per heavy atom. The van der Waals surface area contributed by atoms with Gasteiger partial charge in [0.2, 0.25) is 0 Å². The molecule has 0 spiro atoms. The maximum absolute atomic E-state index is 12.8. The lowest BCUT2D eigenvalue weighted by molar-refractivity contribution is -0.274. The Balaban J connectivity index is 1.82. The Kier molecular flexibility index (Phi) is 7.40. The molecular formula is C21H19ClF3N5O3. The van der Waals surface area contributed by atoms with E-state index in [1.54, 1.807) is 18.2 Å².